The molecule has 1 aromatic rings. The number of nitrogens with zero attached hydrogens (tertiary/aromatic N) is 1. The molecule has 3 heteroatoms. The molecular formula is C11H16N2O. The first-order valence-corrected chi connectivity index (χ1v) is 4.57. The van der Waals surface area contributed by atoms with Gasteiger partial charge in [0.05, 0.1) is 11.9 Å². The lowest BCUT2D eigenvalue weighted by Crippen LogP contribution is -2.30. The van der Waals surface area contributed by atoms with E-state index >= 15 is 0 Å². The van der Waals surface area contributed by atoms with Gasteiger partial charge in [-0.05, 0) is 31.2 Å². The van der Waals surface area contributed by atoms with Crippen LogP contribution in [0.3, 0.4) is 0 Å². The zero-order chi connectivity index (χ0) is 10.4. The molecule has 0 saturated heterocycles. The fourth-order valence-electron chi connectivity index (χ4n) is 1.02. The summed E-state index contributed by atoms with van der Waals surface area (Å²) >= 11 is 0. The van der Waals surface area contributed by atoms with Gasteiger partial charge in [-0.15, -0.1) is 0 Å². The number of rotatable bonds is 4. The van der Waals surface area contributed by atoms with E-state index in [1.807, 2.05) is 56.4 Å². The van der Waals surface area contributed by atoms with E-state index in [0.717, 1.165) is 11.4 Å². The van der Waals surface area contributed by atoms with Crippen molar-refractivity contribution in [2.75, 3.05) is 19.1 Å². The van der Waals surface area contributed by atoms with Crippen LogP contribution in [-0.2, 0) is 0 Å². The number of ether oxygens (including phenoxy) is 1. The quantitative estimate of drug-likeness (QED) is 0.584. The first-order chi connectivity index (χ1) is 6.77. The Balaban J connectivity index is 2.68. The number of benzene rings is 1. The zero-order valence-corrected chi connectivity index (χ0v) is 8.82. The van der Waals surface area contributed by atoms with Crippen molar-refractivity contribution in [1.82, 2.24) is 5.43 Å². The molecular weight excluding hydrogens is 176 g/mol. The Morgan fingerprint density at radius 1 is 1.29 bits per heavy atom. The molecule has 3 nitrogen and oxygen atoms in total. The molecule has 0 unspecified atom stereocenters. The van der Waals surface area contributed by atoms with Crippen molar-refractivity contribution < 1.29 is 4.74 Å². The van der Waals surface area contributed by atoms with Gasteiger partial charge in [0, 0.05) is 14.1 Å². The van der Waals surface area contributed by atoms with Crippen molar-refractivity contribution in [3.05, 3.63) is 36.6 Å². The minimum atomic E-state index is 0.844. The zero-order valence-electron chi connectivity index (χ0n) is 8.82. The summed E-state index contributed by atoms with van der Waals surface area (Å²) in [6, 6.07) is 7.86. The molecule has 76 valence electrons. The van der Waals surface area contributed by atoms with Crippen LogP contribution in [0, 0.1) is 0 Å². The molecule has 0 radical (unpaired) electrons. The van der Waals surface area contributed by atoms with Crippen LogP contribution in [0.25, 0.3) is 0 Å². The molecule has 0 aliphatic rings. The Morgan fingerprint density at radius 3 is 2.43 bits per heavy atom. The third-order valence-electron chi connectivity index (χ3n) is 1.90. The Morgan fingerprint density at radius 2 is 1.93 bits per heavy atom. The Labute approximate surface area is 85.0 Å². The maximum Gasteiger partial charge on any atom is 0.126 e. The number of hydrogen-bond donors (Lipinski definition) is 1. The maximum absolute atomic E-state index is 5.30. The van der Waals surface area contributed by atoms with Crippen molar-refractivity contribution in [3.63, 3.8) is 0 Å². The summed E-state index contributed by atoms with van der Waals surface area (Å²) in [6.45, 7) is 1.92. The molecule has 1 aromatic carbocycles. The highest BCUT2D eigenvalue weighted by atomic mass is 16.5. The molecule has 0 aliphatic carbocycles. The van der Waals surface area contributed by atoms with E-state index in [9.17, 15) is 0 Å². The fourth-order valence-corrected chi connectivity index (χ4v) is 1.02. The van der Waals surface area contributed by atoms with Crippen LogP contribution >= 0.6 is 0 Å². The second-order valence-corrected chi connectivity index (χ2v) is 2.86. The number of nitrogens with one attached hydrogen (secondary N) is 1. The van der Waals surface area contributed by atoms with Crippen LogP contribution < -0.4 is 15.2 Å². The lowest BCUT2D eigenvalue weighted by molar-refractivity contribution is 0.480. The first kappa shape index (κ1) is 10.6. The summed E-state index contributed by atoms with van der Waals surface area (Å²) in [5, 5.41) is 1.93. The molecule has 0 saturated carbocycles. The lowest BCUT2D eigenvalue weighted by atomic mass is 10.3. The highest BCUT2D eigenvalue weighted by Gasteiger charge is 1.97. The molecule has 0 aromatic heterocycles. The summed E-state index contributed by atoms with van der Waals surface area (Å²) in [7, 11) is 3.84. The minimum absolute atomic E-state index is 0.844. The summed E-state index contributed by atoms with van der Waals surface area (Å²) in [6.07, 6.45) is 3.52. The average molecular weight is 192 g/mol. The van der Waals surface area contributed by atoms with E-state index < -0.39 is 0 Å². The second-order valence-electron chi connectivity index (χ2n) is 2.86. The standard InChI is InChI=1S/C11H16N2O/c1-4-9-14-11-7-5-10(6-8-11)13(3)12-2/h4-9,12H,1-3H3. The van der Waals surface area contributed by atoms with Gasteiger partial charge in [0.2, 0.25) is 0 Å². The predicted molar refractivity (Wildman–Crippen MR) is 59.3 cm³/mol. The molecule has 0 spiro atoms. The van der Waals surface area contributed by atoms with Crippen molar-refractivity contribution >= 4 is 5.69 Å². The van der Waals surface area contributed by atoms with Gasteiger partial charge in [0.25, 0.3) is 0 Å². The molecule has 14 heavy (non-hydrogen) atoms. The van der Waals surface area contributed by atoms with Gasteiger partial charge >= 0.3 is 0 Å². The highest BCUT2D eigenvalue weighted by molar-refractivity contribution is 5.47. The van der Waals surface area contributed by atoms with Crippen molar-refractivity contribution in [1.29, 1.82) is 0 Å². The summed E-state index contributed by atoms with van der Waals surface area (Å²) < 4.78 is 5.30. The third kappa shape index (κ3) is 2.78. The van der Waals surface area contributed by atoms with Crippen molar-refractivity contribution in [2.24, 2.45) is 0 Å². The van der Waals surface area contributed by atoms with Gasteiger partial charge in [0.15, 0.2) is 0 Å². The predicted octanol–water partition coefficient (Wildman–Crippen LogP) is 2.17. The van der Waals surface area contributed by atoms with Crippen molar-refractivity contribution in [3.8, 4) is 5.75 Å². The van der Waals surface area contributed by atoms with E-state index in [1.165, 1.54) is 0 Å². The highest BCUT2D eigenvalue weighted by Crippen LogP contribution is 2.17. The Hall–Kier alpha value is -1.48. The molecule has 0 heterocycles. The van der Waals surface area contributed by atoms with E-state index in [2.05, 4.69) is 5.43 Å². The normalized spacial score (nSPS) is 10.5. The minimum Gasteiger partial charge on any atom is -0.465 e. The summed E-state index contributed by atoms with van der Waals surface area (Å²) in [5.41, 5.74) is 4.12. The van der Waals surface area contributed by atoms with E-state index in [4.69, 9.17) is 4.74 Å². The molecule has 0 bridgehead atoms. The van der Waals surface area contributed by atoms with E-state index in [-0.39, 0.29) is 0 Å². The molecule has 0 atom stereocenters. The Kier molecular flexibility index (Phi) is 4.01. The molecule has 0 fully saturated rings. The van der Waals surface area contributed by atoms with Gasteiger partial charge in [-0.25, -0.2) is 5.43 Å². The smallest absolute Gasteiger partial charge is 0.126 e. The summed E-state index contributed by atoms with van der Waals surface area (Å²) in [5.74, 6) is 0.844. The van der Waals surface area contributed by atoms with Crippen LogP contribution in [0.15, 0.2) is 36.6 Å². The van der Waals surface area contributed by atoms with E-state index in [0.29, 0.717) is 0 Å². The topological polar surface area (TPSA) is 24.5 Å². The average Bonchev–Trinajstić information content (AvgIpc) is 2.26. The van der Waals surface area contributed by atoms with Gasteiger partial charge < -0.3 is 9.75 Å². The van der Waals surface area contributed by atoms with Gasteiger partial charge in [-0.2, -0.15) is 0 Å². The number of hydrogen-bond acceptors (Lipinski definition) is 3. The van der Waals surface area contributed by atoms with E-state index in [1.54, 1.807) is 6.26 Å². The monoisotopic (exact) mass is 192 g/mol. The SMILES string of the molecule is CC=COc1ccc(N(C)NC)cc1. The first-order valence-electron chi connectivity index (χ1n) is 4.57. The molecule has 0 amide bonds. The van der Waals surface area contributed by atoms with Gasteiger partial charge in [-0.3, -0.25) is 0 Å². The third-order valence-corrected chi connectivity index (χ3v) is 1.90. The maximum atomic E-state index is 5.30. The lowest BCUT2D eigenvalue weighted by Gasteiger charge is -2.17. The fraction of sp³-hybridized carbons (Fsp3) is 0.273. The van der Waals surface area contributed by atoms with Gasteiger partial charge in [-0.1, -0.05) is 6.08 Å². The van der Waals surface area contributed by atoms with Crippen LogP contribution in [0.1, 0.15) is 6.92 Å². The summed E-state index contributed by atoms with van der Waals surface area (Å²) in [4.78, 5) is 0. The number of allylic oxidation sites excluding steroid dienone is 1. The van der Waals surface area contributed by atoms with Gasteiger partial charge in [0.1, 0.15) is 5.75 Å². The van der Waals surface area contributed by atoms with Crippen LogP contribution in [0.5, 0.6) is 5.75 Å². The van der Waals surface area contributed by atoms with Crippen LogP contribution in [0.4, 0.5) is 5.69 Å². The second kappa shape index (κ2) is 5.29. The molecule has 1 N–H and O–H groups in total. The van der Waals surface area contributed by atoms with Crippen LogP contribution in [-0.4, -0.2) is 14.1 Å². The van der Waals surface area contributed by atoms with Crippen LogP contribution in [0.2, 0.25) is 0 Å². The Bertz CT molecular complexity index is 293. The molecule has 1 rings (SSSR count). The largest absolute Gasteiger partial charge is 0.465 e. The number of anilines is 1. The number of hydrazine groups is 1. The van der Waals surface area contributed by atoms with Crippen molar-refractivity contribution in [2.45, 2.75) is 6.92 Å². The molecule has 0 aliphatic heterocycles.